The van der Waals surface area contributed by atoms with Crippen LogP contribution in [-0.2, 0) is 0 Å². The van der Waals surface area contributed by atoms with E-state index in [1.165, 1.54) is 17.0 Å². The zero-order chi connectivity index (χ0) is 15.4. The molecule has 0 atom stereocenters. The fourth-order valence-corrected chi connectivity index (χ4v) is 1.90. The molecule has 1 amide bonds. The molecule has 0 radical (unpaired) electrons. The number of hydrogen-bond acceptors (Lipinski definition) is 3. The number of carbonyl (C=O) groups is 1. The summed E-state index contributed by atoms with van der Waals surface area (Å²) in [5.74, 6) is -0.0215. The normalized spacial score (nSPS) is 10.5. The Morgan fingerprint density at radius 3 is 2.62 bits per heavy atom. The van der Waals surface area contributed by atoms with Crippen molar-refractivity contribution in [3.05, 3.63) is 54.0 Å². The van der Waals surface area contributed by atoms with Crippen LogP contribution in [0.4, 0.5) is 15.9 Å². The van der Waals surface area contributed by atoms with E-state index in [0.29, 0.717) is 17.2 Å². The lowest BCUT2D eigenvalue weighted by molar-refractivity contribution is 0.0988. The minimum Gasteiger partial charge on any atom is -0.368 e. The van der Waals surface area contributed by atoms with Gasteiger partial charge in [-0.15, -0.1) is 0 Å². The van der Waals surface area contributed by atoms with Gasteiger partial charge in [-0.3, -0.25) is 4.79 Å². The Morgan fingerprint density at radius 2 is 1.95 bits per heavy atom. The molecule has 0 spiro atoms. The van der Waals surface area contributed by atoms with Crippen LogP contribution in [0.15, 0.2) is 42.5 Å². The Balaban J connectivity index is 2.23. The van der Waals surface area contributed by atoms with E-state index in [9.17, 15) is 9.18 Å². The zero-order valence-electron chi connectivity index (χ0n) is 12.3. The van der Waals surface area contributed by atoms with E-state index >= 15 is 0 Å². The van der Waals surface area contributed by atoms with E-state index in [4.69, 9.17) is 0 Å². The van der Waals surface area contributed by atoms with Crippen LogP contribution in [0.25, 0.3) is 0 Å². The molecule has 1 N–H and O–H groups in total. The van der Waals surface area contributed by atoms with Gasteiger partial charge in [0.2, 0.25) is 0 Å². The standard InChI is InChI=1S/C16H18FN3O/c1-11(2)18-15-9-5-8-14(19-15)16(21)20(3)13-7-4-6-12(17)10-13/h4-11H,1-3H3,(H,18,19). The van der Waals surface area contributed by atoms with Crippen molar-refractivity contribution < 1.29 is 9.18 Å². The number of nitrogens with one attached hydrogen (secondary N) is 1. The number of benzene rings is 1. The molecule has 0 aliphatic rings. The maximum Gasteiger partial charge on any atom is 0.276 e. The Labute approximate surface area is 123 Å². The molecule has 4 nitrogen and oxygen atoms in total. The Bertz CT molecular complexity index is 643. The third kappa shape index (κ3) is 3.78. The average molecular weight is 287 g/mol. The van der Waals surface area contributed by atoms with Gasteiger partial charge < -0.3 is 10.2 Å². The number of aromatic nitrogens is 1. The SMILES string of the molecule is CC(C)Nc1cccc(C(=O)N(C)c2cccc(F)c2)n1. The first kappa shape index (κ1) is 15.0. The van der Waals surface area contributed by atoms with Crippen LogP contribution in [0.2, 0.25) is 0 Å². The molecule has 2 rings (SSSR count). The summed E-state index contributed by atoms with van der Waals surface area (Å²) in [5, 5.41) is 3.15. The molecule has 0 saturated heterocycles. The zero-order valence-corrected chi connectivity index (χ0v) is 12.3. The van der Waals surface area contributed by atoms with Gasteiger partial charge in [-0.1, -0.05) is 12.1 Å². The molecule has 0 fully saturated rings. The molecule has 1 aromatic heterocycles. The minimum absolute atomic E-state index is 0.226. The molecule has 0 aliphatic carbocycles. The Morgan fingerprint density at radius 1 is 1.24 bits per heavy atom. The molecule has 0 aliphatic heterocycles. The van der Waals surface area contributed by atoms with Crippen LogP contribution >= 0.6 is 0 Å². The molecule has 0 saturated carbocycles. The summed E-state index contributed by atoms with van der Waals surface area (Å²) in [4.78, 5) is 18.1. The number of rotatable bonds is 4. The van der Waals surface area contributed by atoms with Crippen molar-refractivity contribution in [2.75, 3.05) is 17.3 Å². The summed E-state index contributed by atoms with van der Waals surface area (Å²) in [6.07, 6.45) is 0. The van der Waals surface area contributed by atoms with Gasteiger partial charge in [0.15, 0.2) is 0 Å². The summed E-state index contributed by atoms with van der Waals surface area (Å²) < 4.78 is 13.2. The lowest BCUT2D eigenvalue weighted by Gasteiger charge is -2.17. The van der Waals surface area contributed by atoms with E-state index in [-0.39, 0.29) is 17.8 Å². The first-order valence-corrected chi connectivity index (χ1v) is 6.74. The molecule has 5 heteroatoms. The lowest BCUT2D eigenvalue weighted by atomic mass is 10.2. The maximum atomic E-state index is 13.2. The van der Waals surface area contributed by atoms with Crippen molar-refractivity contribution >= 4 is 17.4 Å². The average Bonchev–Trinajstić information content (AvgIpc) is 2.45. The van der Waals surface area contributed by atoms with Crippen LogP contribution in [0.1, 0.15) is 24.3 Å². The van der Waals surface area contributed by atoms with Crippen molar-refractivity contribution in [3.63, 3.8) is 0 Å². The minimum atomic E-state index is -0.379. The monoisotopic (exact) mass is 287 g/mol. The summed E-state index contributed by atoms with van der Waals surface area (Å²) in [5.41, 5.74) is 0.802. The second-order valence-electron chi connectivity index (χ2n) is 5.05. The van der Waals surface area contributed by atoms with Gasteiger partial charge in [0.25, 0.3) is 5.91 Å². The van der Waals surface area contributed by atoms with Crippen molar-refractivity contribution in [2.45, 2.75) is 19.9 Å². The highest BCUT2D eigenvalue weighted by atomic mass is 19.1. The molecule has 1 heterocycles. The number of hydrogen-bond donors (Lipinski definition) is 1. The summed E-state index contributed by atoms with van der Waals surface area (Å²) in [6, 6.07) is 11.3. The number of carbonyl (C=O) groups excluding carboxylic acids is 1. The van der Waals surface area contributed by atoms with Gasteiger partial charge in [0.1, 0.15) is 17.3 Å². The molecule has 0 unspecified atom stereocenters. The number of amides is 1. The van der Waals surface area contributed by atoms with E-state index in [2.05, 4.69) is 10.3 Å². The molecular formula is C16H18FN3O. The van der Waals surface area contributed by atoms with E-state index in [1.807, 2.05) is 13.8 Å². The molecule has 0 bridgehead atoms. The lowest BCUT2D eigenvalue weighted by Crippen LogP contribution is -2.27. The smallest absolute Gasteiger partial charge is 0.276 e. The number of anilines is 2. The quantitative estimate of drug-likeness (QED) is 0.938. The molecule has 110 valence electrons. The maximum absolute atomic E-state index is 13.2. The Kier molecular flexibility index (Phi) is 4.52. The van der Waals surface area contributed by atoms with Gasteiger partial charge >= 0.3 is 0 Å². The summed E-state index contributed by atoms with van der Waals surface area (Å²) in [7, 11) is 1.60. The largest absolute Gasteiger partial charge is 0.368 e. The second kappa shape index (κ2) is 6.35. The molecule has 21 heavy (non-hydrogen) atoms. The predicted octanol–water partition coefficient (Wildman–Crippen LogP) is 3.32. The fourth-order valence-electron chi connectivity index (χ4n) is 1.90. The van der Waals surface area contributed by atoms with Crippen LogP contribution in [0, 0.1) is 5.82 Å². The fraction of sp³-hybridized carbons (Fsp3) is 0.250. The molecule has 2 aromatic rings. The predicted molar refractivity (Wildman–Crippen MR) is 82.1 cm³/mol. The van der Waals surface area contributed by atoms with E-state index in [0.717, 1.165) is 0 Å². The molecular weight excluding hydrogens is 269 g/mol. The first-order chi connectivity index (χ1) is 9.97. The van der Waals surface area contributed by atoms with Crippen molar-refractivity contribution in [1.29, 1.82) is 0 Å². The topological polar surface area (TPSA) is 45.2 Å². The summed E-state index contributed by atoms with van der Waals surface area (Å²) >= 11 is 0. The van der Waals surface area contributed by atoms with Crippen molar-refractivity contribution in [1.82, 2.24) is 4.98 Å². The van der Waals surface area contributed by atoms with Gasteiger partial charge in [0, 0.05) is 18.8 Å². The first-order valence-electron chi connectivity index (χ1n) is 6.74. The van der Waals surface area contributed by atoms with Gasteiger partial charge in [0.05, 0.1) is 0 Å². The van der Waals surface area contributed by atoms with E-state index < -0.39 is 0 Å². The number of pyridine rings is 1. The van der Waals surface area contributed by atoms with Crippen molar-refractivity contribution in [2.24, 2.45) is 0 Å². The Hall–Kier alpha value is -2.43. The van der Waals surface area contributed by atoms with Crippen LogP contribution < -0.4 is 10.2 Å². The highest BCUT2D eigenvalue weighted by Gasteiger charge is 2.15. The van der Waals surface area contributed by atoms with E-state index in [1.54, 1.807) is 37.4 Å². The van der Waals surface area contributed by atoms with Gasteiger partial charge in [-0.2, -0.15) is 0 Å². The number of halogens is 1. The second-order valence-corrected chi connectivity index (χ2v) is 5.05. The third-order valence-electron chi connectivity index (χ3n) is 2.90. The van der Waals surface area contributed by atoms with Crippen LogP contribution in [0.3, 0.4) is 0 Å². The third-order valence-corrected chi connectivity index (χ3v) is 2.90. The van der Waals surface area contributed by atoms with Gasteiger partial charge in [-0.05, 0) is 44.2 Å². The summed E-state index contributed by atoms with van der Waals surface area (Å²) in [6.45, 7) is 3.99. The molecule has 1 aromatic carbocycles. The van der Waals surface area contributed by atoms with Crippen LogP contribution in [0.5, 0.6) is 0 Å². The van der Waals surface area contributed by atoms with Crippen molar-refractivity contribution in [3.8, 4) is 0 Å². The van der Waals surface area contributed by atoms with Crippen LogP contribution in [-0.4, -0.2) is 24.0 Å². The highest BCUT2D eigenvalue weighted by Crippen LogP contribution is 2.17. The number of nitrogens with zero attached hydrogens (tertiary/aromatic N) is 2. The highest BCUT2D eigenvalue weighted by molar-refractivity contribution is 6.04. The van der Waals surface area contributed by atoms with Gasteiger partial charge in [-0.25, -0.2) is 9.37 Å².